The van der Waals surface area contributed by atoms with E-state index in [2.05, 4.69) is 11.9 Å². The van der Waals surface area contributed by atoms with Gasteiger partial charge < -0.3 is 10.5 Å². The fourth-order valence-electron chi connectivity index (χ4n) is 2.90. The minimum atomic E-state index is 0.155. The van der Waals surface area contributed by atoms with Crippen molar-refractivity contribution in [2.45, 2.75) is 64.5 Å². The summed E-state index contributed by atoms with van der Waals surface area (Å²) in [6, 6.07) is 4.22. The van der Waals surface area contributed by atoms with Crippen LogP contribution >= 0.6 is 0 Å². The Morgan fingerprint density at radius 1 is 1.37 bits per heavy atom. The molecule has 1 aromatic rings. The van der Waals surface area contributed by atoms with Gasteiger partial charge in [0.05, 0.1) is 6.20 Å². The van der Waals surface area contributed by atoms with Gasteiger partial charge in [0.25, 0.3) is 0 Å². The Balaban J connectivity index is 1.94. The third kappa shape index (κ3) is 4.20. The molecule has 3 heteroatoms. The van der Waals surface area contributed by atoms with E-state index in [1.165, 1.54) is 32.1 Å². The lowest BCUT2D eigenvalue weighted by Gasteiger charge is -2.31. The van der Waals surface area contributed by atoms with Gasteiger partial charge in [-0.2, -0.15) is 0 Å². The largest absolute Gasteiger partial charge is 0.489 e. The Kier molecular flexibility index (Phi) is 5.20. The summed E-state index contributed by atoms with van der Waals surface area (Å²) in [6.07, 6.45) is 9.37. The van der Waals surface area contributed by atoms with Crippen LogP contribution in [0.5, 0.6) is 5.75 Å². The van der Waals surface area contributed by atoms with Gasteiger partial charge in [-0.25, -0.2) is 0 Å². The standard InChI is InChI=1S/C16H26N2O/c1-3-13-6-4-5-7-16(13)19-15-9-8-14(18-11-15)10-12(2)17/h8-9,11-13,16H,3-7,10,17H2,1-2H3. The van der Waals surface area contributed by atoms with E-state index >= 15 is 0 Å². The second kappa shape index (κ2) is 6.90. The maximum atomic E-state index is 6.13. The smallest absolute Gasteiger partial charge is 0.138 e. The molecule has 1 aliphatic rings. The van der Waals surface area contributed by atoms with Gasteiger partial charge in [0.2, 0.25) is 0 Å². The Bertz CT molecular complexity index is 375. The molecule has 0 saturated heterocycles. The molecular weight excluding hydrogens is 236 g/mol. The summed E-state index contributed by atoms with van der Waals surface area (Å²) < 4.78 is 6.13. The molecule has 0 radical (unpaired) electrons. The summed E-state index contributed by atoms with van der Waals surface area (Å²) in [7, 11) is 0. The van der Waals surface area contributed by atoms with Gasteiger partial charge in [-0.3, -0.25) is 4.98 Å². The summed E-state index contributed by atoms with van der Waals surface area (Å²) in [6.45, 7) is 4.26. The van der Waals surface area contributed by atoms with Gasteiger partial charge in [0, 0.05) is 18.2 Å². The van der Waals surface area contributed by atoms with Crippen LogP contribution in [0.2, 0.25) is 0 Å². The molecule has 1 aliphatic carbocycles. The molecule has 0 spiro atoms. The molecular formula is C16H26N2O. The van der Waals surface area contributed by atoms with Crippen molar-refractivity contribution in [2.75, 3.05) is 0 Å². The first kappa shape index (κ1) is 14.3. The topological polar surface area (TPSA) is 48.1 Å². The number of nitrogens with two attached hydrogens (primary N) is 1. The lowest BCUT2D eigenvalue weighted by Crippen LogP contribution is -2.29. The predicted octanol–water partition coefficient (Wildman–Crippen LogP) is 3.32. The van der Waals surface area contributed by atoms with Crippen LogP contribution < -0.4 is 10.5 Å². The minimum Gasteiger partial charge on any atom is -0.489 e. The maximum Gasteiger partial charge on any atom is 0.138 e. The highest BCUT2D eigenvalue weighted by Crippen LogP contribution is 2.30. The highest BCUT2D eigenvalue weighted by atomic mass is 16.5. The van der Waals surface area contributed by atoms with Crippen molar-refractivity contribution in [1.29, 1.82) is 0 Å². The molecule has 0 aromatic carbocycles. The van der Waals surface area contributed by atoms with Crippen molar-refractivity contribution in [1.82, 2.24) is 4.98 Å². The zero-order valence-electron chi connectivity index (χ0n) is 12.1. The van der Waals surface area contributed by atoms with Crippen LogP contribution in [0.1, 0.15) is 51.6 Å². The molecule has 2 N–H and O–H groups in total. The van der Waals surface area contributed by atoms with Crippen molar-refractivity contribution in [3.63, 3.8) is 0 Å². The van der Waals surface area contributed by atoms with E-state index in [-0.39, 0.29) is 6.04 Å². The lowest BCUT2D eigenvalue weighted by atomic mass is 9.85. The summed E-state index contributed by atoms with van der Waals surface area (Å²) in [4.78, 5) is 4.43. The second-order valence-electron chi connectivity index (χ2n) is 5.78. The molecule has 3 atom stereocenters. The van der Waals surface area contributed by atoms with Crippen molar-refractivity contribution < 1.29 is 4.74 Å². The van der Waals surface area contributed by atoms with Crippen molar-refractivity contribution in [3.8, 4) is 5.75 Å². The maximum absolute atomic E-state index is 6.13. The van der Waals surface area contributed by atoms with Crippen molar-refractivity contribution in [3.05, 3.63) is 24.0 Å². The van der Waals surface area contributed by atoms with Gasteiger partial charge in [-0.05, 0) is 50.7 Å². The molecule has 1 fully saturated rings. The van der Waals surface area contributed by atoms with Gasteiger partial charge >= 0.3 is 0 Å². The fourth-order valence-corrected chi connectivity index (χ4v) is 2.90. The first-order valence-electron chi connectivity index (χ1n) is 7.56. The van der Waals surface area contributed by atoms with Crippen LogP contribution in [0.4, 0.5) is 0 Å². The molecule has 0 aliphatic heterocycles. The van der Waals surface area contributed by atoms with Crippen LogP contribution in [0, 0.1) is 5.92 Å². The number of hydrogen-bond acceptors (Lipinski definition) is 3. The van der Waals surface area contributed by atoms with E-state index in [1.54, 1.807) is 0 Å². The first-order chi connectivity index (χ1) is 9.19. The number of rotatable bonds is 5. The molecule has 0 amide bonds. The van der Waals surface area contributed by atoms with Gasteiger partial charge in [0.1, 0.15) is 11.9 Å². The fraction of sp³-hybridized carbons (Fsp3) is 0.688. The molecule has 1 heterocycles. The number of ether oxygens (including phenoxy) is 1. The Hall–Kier alpha value is -1.09. The number of aromatic nitrogens is 1. The van der Waals surface area contributed by atoms with Crippen molar-refractivity contribution >= 4 is 0 Å². The van der Waals surface area contributed by atoms with Gasteiger partial charge in [-0.15, -0.1) is 0 Å². The van der Waals surface area contributed by atoms with Crippen LogP contribution in [0.3, 0.4) is 0 Å². The summed E-state index contributed by atoms with van der Waals surface area (Å²) in [5, 5.41) is 0. The van der Waals surface area contributed by atoms with E-state index in [1.807, 2.05) is 25.3 Å². The summed E-state index contributed by atoms with van der Waals surface area (Å²) in [5.41, 5.74) is 6.82. The van der Waals surface area contributed by atoms with Crippen LogP contribution in [0.15, 0.2) is 18.3 Å². The predicted molar refractivity (Wildman–Crippen MR) is 78.3 cm³/mol. The molecule has 19 heavy (non-hydrogen) atoms. The molecule has 1 aromatic heterocycles. The molecule has 106 valence electrons. The van der Waals surface area contributed by atoms with E-state index in [9.17, 15) is 0 Å². The van der Waals surface area contributed by atoms with Gasteiger partial charge in [0.15, 0.2) is 0 Å². The highest BCUT2D eigenvalue weighted by molar-refractivity contribution is 5.20. The molecule has 0 bridgehead atoms. The van der Waals surface area contributed by atoms with Crippen molar-refractivity contribution in [2.24, 2.45) is 11.7 Å². The Morgan fingerprint density at radius 3 is 2.79 bits per heavy atom. The van der Waals surface area contributed by atoms with Crippen LogP contribution in [0.25, 0.3) is 0 Å². The zero-order valence-corrected chi connectivity index (χ0v) is 12.1. The molecule has 1 saturated carbocycles. The highest BCUT2D eigenvalue weighted by Gasteiger charge is 2.25. The first-order valence-corrected chi connectivity index (χ1v) is 7.56. The van der Waals surface area contributed by atoms with E-state index in [0.29, 0.717) is 12.0 Å². The zero-order chi connectivity index (χ0) is 13.7. The Labute approximate surface area is 116 Å². The van der Waals surface area contributed by atoms with Crippen LogP contribution in [-0.4, -0.2) is 17.1 Å². The van der Waals surface area contributed by atoms with E-state index in [4.69, 9.17) is 10.5 Å². The minimum absolute atomic E-state index is 0.155. The van der Waals surface area contributed by atoms with Gasteiger partial charge in [-0.1, -0.05) is 13.3 Å². The molecule has 2 rings (SSSR count). The normalized spacial score (nSPS) is 25.0. The number of pyridine rings is 1. The Morgan fingerprint density at radius 2 is 2.16 bits per heavy atom. The average molecular weight is 262 g/mol. The monoisotopic (exact) mass is 262 g/mol. The number of nitrogens with zero attached hydrogens (tertiary/aromatic N) is 1. The lowest BCUT2D eigenvalue weighted by molar-refractivity contribution is 0.0900. The second-order valence-corrected chi connectivity index (χ2v) is 5.78. The third-order valence-corrected chi connectivity index (χ3v) is 3.98. The third-order valence-electron chi connectivity index (χ3n) is 3.98. The van der Waals surface area contributed by atoms with E-state index in [0.717, 1.165) is 17.9 Å². The number of hydrogen-bond donors (Lipinski definition) is 1. The quantitative estimate of drug-likeness (QED) is 0.885. The average Bonchev–Trinajstić information content (AvgIpc) is 2.41. The molecule has 3 nitrogen and oxygen atoms in total. The van der Waals surface area contributed by atoms with E-state index < -0.39 is 0 Å². The molecule has 3 unspecified atom stereocenters. The SMILES string of the molecule is CCC1CCCCC1Oc1ccc(CC(C)N)nc1. The summed E-state index contributed by atoms with van der Waals surface area (Å²) in [5.74, 6) is 1.61. The summed E-state index contributed by atoms with van der Waals surface area (Å²) >= 11 is 0. The van der Waals surface area contributed by atoms with Crippen LogP contribution in [-0.2, 0) is 6.42 Å².